The van der Waals surface area contributed by atoms with E-state index in [1.54, 1.807) is 0 Å². The number of hydrogen-bond acceptors (Lipinski definition) is 3. The van der Waals surface area contributed by atoms with Crippen LogP contribution in [0.15, 0.2) is 78.9 Å². The molecule has 0 radical (unpaired) electrons. The molecule has 2 atom stereocenters. The molecule has 5 nitrogen and oxygen atoms in total. The predicted octanol–water partition coefficient (Wildman–Crippen LogP) is 2.22. The third-order valence-corrected chi connectivity index (χ3v) is 11.1. The van der Waals surface area contributed by atoms with Gasteiger partial charge in [0.25, 0.3) is 0 Å². The normalized spacial score (nSPS) is 23.0. The monoisotopic (exact) mass is 649 g/mol. The number of piperidine rings is 1. The summed E-state index contributed by atoms with van der Waals surface area (Å²) in [6, 6.07) is 27.0. The number of aryl methyl sites for hydroxylation is 1. The third kappa shape index (κ3) is 5.78. The molecule has 2 saturated heterocycles. The van der Waals surface area contributed by atoms with Crippen molar-refractivity contribution in [2.75, 3.05) is 24.1 Å². The molecule has 1 N–H and O–H groups in total. The van der Waals surface area contributed by atoms with Crippen LogP contribution in [-0.4, -0.2) is 46.4 Å². The summed E-state index contributed by atoms with van der Waals surface area (Å²) in [5.41, 5.74) is 3.36. The second-order valence-electron chi connectivity index (χ2n) is 11.4. The van der Waals surface area contributed by atoms with E-state index in [2.05, 4.69) is 60.8 Å². The summed E-state index contributed by atoms with van der Waals surface area (Å²) in [4.78, 5) is 29.9. The van der Waals surface area contributed by atoms with E-state index in [0.29, 0.717) is 46.5 Å². The first kappa shape index (κ1) is 27.3. The molecule has 1 saturated carbocycles. The first-order valence-corrected chi connectivity index (χ1v) is 17.4. The van der Waals surface area contributed by atoms with Crippen molar-refractivity contribution in [1.29, 1.82) is 0 Å². The predicted molar refractivity (Wildman–Crippen MR) is 153 cm³/mol. The van der Waals surface area contributed by atoms with Crippen LogP contribution in [0, 0.1) is 0 Å². The first-order chi connectivity index (χ1) is 19.5. The van der Waals surface area contributed by atoms with Gasteiger partial charge in [-0.25, -0.2) is 0 Å². The number of nitrogens with one attached hydrogen (secondary N) is 1. The quantitative estimate of drug-likeness (QED) is 0.271. The van der Waals surface area contributed by atoms with Gasteiger partial charge in [0.2, 0.25) is 0 Å². The van der Waals surface area contributed by atoms with Gasteiger partial charge in [-0.15, -0.1) is 0 Å². The summed E-state index contributed by atoms with van der Waals surface area (Å²) in [6.45, 7) is 3.60. The molecule has 3 fully saturated rings. The van der Waals surface area contributed by atoms with E-state index in [9.17, 15) is 9.59 Å². The Kier molecular flexibility index (Phi) is 7.89. The Morgan fingerprint density at radius 1 is 0.950 bits per heavy atom. The van der Waals surface area contributed by atoms with E-state index in [-0.39, 0.29) is 18.4 Å². The van der Waals surface area contributed by atoms with Gasteiger partial charge >= 0.3 is 175 Å². The molecule has 210 valence electrons. The minimum absolute atomic E-state index is 0.129. The van der Waals surface area contributed by atoms with Gasteiger partial charge in [0.15, 0.2) is 0 Å². The Bertz CT molecular complexity index is 1330. The number of alkyl halides is 2. The fourth-order valence-corrected chi connectivity index (χ4v) is 7.63. The summed E-state index contributed by atoms with van der Waals surface area (Å²) in [7, 11) is 0. The molecule has 3 aromatic rings. The molecule has 0 bridgehead atoms. The van der Waals surface area contributed by atoms with Crippen LogP contribution in [0.3, 0.4) is 0 Å². The van der Waals surface area contributed by atoms with Crippen LogP contribution in [-0.2, 0) is 27.8 Å². The van der Waals surface area contributed by atoms with Crippen LogP contribution < -0.4 is 31.3 Å². The molecule has 6 heteroatoms. The molecular formula is C34H38IN2O3-. The zero-order valence-electron chi connectivity index (χ0n) is 23.2. The molecule has 1 aliphatic carbocycles. The molecule has 0 aromatic heterocycles. The number of benzene rings is 3. The number of amides is 2. The van der Waals surface area contributed by atoms with Crippen LogP contribution in [0.25, 0.3) is 0 Å². The van der Waals surface area contributed by atoms with Crippen LogP contribution in [0.4, 0.5) is 0 Å². The number of halogens is 1. The number of likely N-dealkylation sites (tertiary alicyclic amines) is 1. The fourth-order valence-electron chi connectivity index (χ4n) is 5.94. The number of carbonyl (C=O) groups excluding carboxylic acids is 2. The zero-order valence-corrected chi connectivity index (χ0v) is 25.4. The Morgan fingerprint density at radius 2 is 1.68 bits per heavy atom. The second kappa shape index (κ2) is 11.6. The average molecular weight is 650 g/mol. The summed E-state index contributed by atoms with van der Waals surface area (Å²) in [5.74, 6) is 0.705. The van der Waals surface area contributed by atoms with Crippen molar-refractivity contribution < 1.29 is 35.5 Å². The number of nitrogens with zero attached hydrogens (tertiary/aromatic N) is 1. The van der Waals surface area contributed by atoms with Gasteiger partial charge in [0.1, 0.15) is 0 Å². The van der Waals surface area contributed by atoms with Gasteiger partial charge in [-0.05, 0) is 12.0 Å². The van der Waals surface area contributed by atoms with E-state index in [1.807, 2.05) is 35.2 Å². The van der Waals surface area contributed by atoms with Crippen LogP contribution in [0.2, 0.25) is 0 Å². The third-order valence-electron chi connectivity index (χ3n) is 8.64. The van der Waals surface area contributed by atoms with Gasteiger partial charge in [-0.1, -0.05) is 61.5 Å². The molecular weight excluding hydrogens is 611 g/mol. The Balaban J connectivity index is 1.21. The molecule has 2 amide bonds. The first-order valence-electron chi connectivity index (χ1n) is 14.6. The minimum Gasteiger partial charge on any atom is -0.0587 e. The zero-order chi connectivity index (χ0) is 27.6. The topological polar surface area (TPSA) is 58.6 Å². The Hall–Kier alpha value is -2.87. The van der Waals surface area contributed by atoms with E-state index in [0.717, 1.165) is 41.6 Å². The molecule has 40 heavy (non-hydrogen) atoms. The second-order valence-corrected chi connectivity index (χ2v) is 14.7. The van der Waals surface area contributed by atoms with Gasteiger partial charge in [0, 0.05) is 0 Å². The average Bonchev–Trinajstić information content (AvgIpc) is 3.93. The minimum atomic E-state index is -1.11. The SMILES string of the molecule is CCc1ccc(C2(C(=O)N3CCCC(Oc4ccc(C5C[I-]5)cc4)(C(=O)NCCc4ccccc4)C3)CC2)cc1. The number of carbonyl (C=O) groups is 2. The number of hydrogen-bond donors (Lipinski definition) is 1. The van der Waals surface area contributed by atoms with Gasteiger partial charge in [-0.2, -0.15) is 0 Å². The molecule has 2 aliphatic heterocycles. The standard InChI is InChI=1S/C34H38IN2O3/c1-2-25-9-13-28(14-10-25)33(19-20-33)32(39)37-22-6-18-34(24-37,31(38)36-21-17-26-7-4-3-5-8-26)40-29-15-11-27(12-16-29)30-23-35-30/h3-5,7-16,30H,2,6,17-24H2,1H3,(H,36,38)/q-1. The number of rotatable bonds is 10. The van der Waals surface area contributed by atoms with Gasteiger partial charge in [-0.3, -0.25) is 0 Å². The summed E-state index contributed by atoms with van der Waals surface area (Å²) in [5, 5.41) is 3.16. The maximum atomic E-state index is 14.1. The maximum absolute atomic E-state index is 14.1. The van der Waals surface area contributed by atoms with E-state index in [1.165, 1.54) is 21.1 Å². The van der Waals surface area contributed by atoms with Crippen LogP contribution >= 0.6 is 0 Å². The van der Waals surface area contributed by atoms with Crippen molar-refractivity contribution in [1.82, 2.24) is 10.2 Å². The van der Waals surface area contributed by atoms with Crippen molar-refractivity contribution in [3.05, 3.63) is 101 Å². The molecule has 3 aromatic carbocycles. The van der Waals surface area contributed by atoms with Crippen molar-refractivity contribution >= 4 is 11.8 Å². The van der Waals surface area contributed by atoms with Gasteiger partial charge in [0.05, 0.1) is 0 Å². The fraction of sp³-hybridized carbons (Fsp3) is 0.412. The van der Waals surface area contributed by atoms with Crippen LogP contribution in [0.1, 0.15) is 58.8 Å². The van der Waals surface area contributed by atoms with Crippen molar-refractivity contribution in [2.45, 2.75) is 60.4 Å². The molecule has 6 rings (SSSR count). The van der Waals surface area contributed by atoms with E-state index in [4.69, 9.17) is 4.74 Å². The molecule has 0 spiro atoms. The van der Waals surface area contributed by atoms with Crippen LogP contribution in [0.5, 0.6) is 5.75 Å². The summed E-state index contributed by atoms with van der Waals surface area (Å²) in [6.07, 6.45) is 4.76. The van der Waals surface area contributed by atoms with Crippen molar-refractivity contribution in [3.63, 3.8) is 0 Å². The molecule has 2 unspecified atom stereocenters. The van der Waals surface area contributed by atoms with Gasteiger partial charge < -0.3 is 0 Å². The Labute approximate surface area is 247 Å². The molecule has 3 aliphatic rings. The smallest absolute Gasteiger partial charge is 0.0587 e. The molecule has 2 heterocycles. The Morgan fingerprint density at radius 3 is 2.33 bits per heavy atom. The van der Waals surface area contributed by atoms with Crippen molar-refractivity contribution in [3.8, 4) is 5.75 Å². The van der Waals surface area contributed by atoms with E-state index >= 15 is 0 Å². The van der Waals surface area contributed by atoms with Crippen molar-refractivity contribution in [2.24, 2.45) is 0 Å². The summed E-state index contributed by atoms with van der Waals surface area (Å²) >= 11 is 0.329. The van der Waals surface area contributed by atoms with E-state index < -0.39 is 11.0 Å². The number of ether oxygens (including phenoxy) is 1. The summed E-state index contributed by atoms with van der Waals surface area (Å²) < 4.78 is 8.74.